The number of nitrogens with one attached hydrogen (secondary N) is 1. The highest BCUT2D eigenvalue weighted by molar-refractivity contribution is 7.92. The predicted molar refractivity (Wildman–Crippen MR) is 74.8 cm³/mol. The number of ether oxygens (including phenoxy) is 2. The number of nitrogens with two attached hydrogens (primary N) is 1. The Labute approximate surface area is 121 Å². The fourth-order valence-corrected chi connectivity index (χ4v) is 2.93. The first-order chi connectivity index (χ1) is 10.1. The van der Waals surface area contributed by atoms with Crippen LogP contribution in [0.25, 0.3) is 0 Å². The number of fused-ring (bicyclic) bond motifs is 1. The van der Waals surface area contributed by atoms with Crippen molar-refractivity contribution in [2.24, 2.45) is 5.73 Å². The van der Waals surface area contributed by atoms with Crippen molar-refractivity contribution in [1.29, 1.82) is 0 Å². The molecule has 0 saturated carbocycles. The number of rotatable bonds is 4. The highest BCUT2D eigenvalue weighted by Gasteiger charge is 2.20. The Morgan fingerprint density at radius 2 is 1.86 bits per heavy atom. The van der Waals surface area contributed by atoms with E-state index in [9.17, 15) is 8.42 Å². The molecule has 0 unspecified atom stereocenters. The molecule has 8 heteroatoms. The third-order valence-electron chi connectivity index (χ3n) is 2.90. The zero-order chi connectivity index (χ0) is 14.9. The summed E-state index contributed by atoms with van der Waals surface area (Å²) >= 11 is 0. The molecule has 1 aromatic carbocycles. The van der Waals surface area contributed by atoms with Gasteiger partial charge in [0.05, 0.1) is 12.2 Å². The van der Waals surface area contributed by atoms with Gasteiger partial charge in [-0.1, -0.05) is 0 Å². The van der Waals surface area contributed by atoms with Crippen molar-refractivity contribution < 1.29 is 22.3 Å². The lowest BCUT2D eigenvalue weighted by molar-refractivity contribution is 0.171. The first kappa shape index (κ1) is 13.8. The SMILES string of the molecule is NCc1ccc(S(=O)(=O)Nc2ccc3c(c2)OCCO3)o1. The van der Waals surface area contributed by atoms with Crippen LogP contribution in [0.4, 0.5) is 5.69 Å². The number of hydrogen-bond donors (Lipinski definition) is 2. The van der Waals surface area contributed by atoms with Gasteiger partial charge in [0.1, 0.15) is 19.0 Å². The zero-order valence-electron chi connectivity index (χ0n) is 11.0. The van der Waals surface area contributed by atoms with Gasteiger partial charge in [-0.2, -0.15) is 8.42 Å². The maximum atomic E-state index is 12.2. The first-order valence-corrected chi connectivity index (χ1v) is 7.78. The van der Waals surface area contributed by atoms with Crippen LogP contribution in [0.3, 0.4) is 0 Å². The molecule has 0 radical (unpaired) electrons. The lowest BCUT2D eigenvalue weighted by Crippen LogP contribution is -2.16. The van der Waals surface area contributed by atoms with E-state index in [2.05, 4.69) is 4.72 Å². The van der Waals surface area contributed by atoms with Gasteiger partial charge >= 0.3 is 0 Å². The Bertz CT molecular complexity index is 754. The largest absolute Gasteiger partial charge is 0.486 e. The molecule has 0 aliphatic carbocycles. The van der Waals surface area contributed by atoms with Gasteiger partial charge in [0.15, 0.2) is 11.5 Å². The number of sulfonamides is 1. The molecule has 21 heavy (non-hydrogen) atoms. The van der Waals surface area contributed by atoms with Gasteiger partial charge < -0.3 is 19.6 Å². The second-order valence-electron chi connectivity index (χ2n) is 4.39. The summed E-state index contributed by atoms with van der Waals surface area (Å²) in [4.78, 5) is 0. The summed E-state index contributed by atoms with van der Waals surface area (Å²) in [6, 6.07) is 7.71. The minimum absolute atomic E-state index is 0.138. The molecule has 1 aromatic heterocycles. The third-order valence-corrected chi connectivity index (χ3v) is 4.15. The molecule has 0 amide bonds. The van der Waals surface area contributed by atoms with Crippen LogP contribution >= 0.6 is 0 Å². The van der Waals surface area contributed by atoms with Gasteiger partial charge in [-0.3, -0.25) is 4.72 Å². The summed E-state index contributed by atoms with van der Waals surface area (Å²) < 4.78 is 42.7. The number of hydrogen-bond acceptors (Lipinski definition) is 6. The van der Waals surface area contributed by atoms with Crippen LogP contribution in [0, 0.1) is 0 Å². The van der Waals surface area contributed by atoms with Crippen LogP contribution in [0.1, 0.15) is 5.76 Å². The topological polar surface area (TPSA) is 104 Å². The van der Waals surface area contributed by atoms with E-state index in [0.717, 1.165) is 0 Å². The fourth-order valence-electron chi connectivity index (χ4n) is 1.92. The molecule has 3 N–H and O–H groups in total. The zero-order valence-corrected chi connectivity index (χ0v) is 11.9. The maximum absolute atomic E-state index is 12.2. The van der Waals surface area contributed by atoms with Crippen LogP contribution in [0.15, 0.2) is 39.8 Å². The van der Waals surface area contributed by atoms with Crippen molar-refractivity contribution in [2.75, 3.05) is 17.9 Å². The molecule has 112 valence electrons. The Kier molecular flexibility index (Phi) is 3.48. The molecule has 1 aliphatic heterocycles. The molecule has 0 fully saturated rings. The van der Waals surface area contributed by atoms with Crippen molar-refractivity contribution in [3.05, 3.63) is 36.1 Å². The van der Waals surface area contributed by atoms with E-state index in [4.69, 9.17) is 19.6 Å². The Balaban J connectivity index is 1.85. The lowest BCUT2D eigenvalue weighted by Gasteiger charge is -2.19. The monoisotopic (exact) mass is 310 g/mol. The summed E-state index contributed by atoms with van der Waals surface area (Å²) in [5.74, 6) is 1.49. The lowest BCUT2D eigenvalue weighted by atomic mass is 10.3. The second kappa shape index (κ2) is 5.30. The molecule has 7 nitrogen and oxygen atoms in total. The summed E-state index contributed by atoms with van der Waals surface area (Å²) in [6.45, 7) is 1.05. The normalized spacial score (nSPS) is 14.0. The Morgan fingerprint density at radius 1 is 1.10 bits per heavy atom. The molecular weight excluding hydrogens is 296 g/mol. The van der Waals surface area contributed by atoms with Crippen LogP contribution in [0.2, 0.25) is 0 Å². The first-order valence-electron chi connectivity index (χ1n) is 6.30. The van der Waals surface area contributed by atoms with Crippen LogP contribution in [-0.2, 0) is 16.6 Å². The molecule has 1 aliphatic rings. The number of furan rings is 1. The predicted octanol–water partition coefficient (Wildman–Crippen LogP) is 1.31. The minimum atomic E-state index is -3.80. The van der Waals surface area contributed by atoms with E-state index in [1.165, 1.54) is 12.1 Å². The molecule has 3 rings (SSSR count). The van der Waals surface area contributed by atoms with Crippen molar-refractivity contribution in [3.8, 4) is 11.5 Å². The number of anilines is 1. The van der Waals surface area contributed by atoms with Crippen molar-refractivity contribution >= 4 is 15.7 Å². The molecule has 0 bridgehead atoms. The molecule has 0 atom stereocenters. The van der Waals surface area contributed by atoms with Gasteiger partial charge in [-0.25, -0.2) is 0 Å². The second-order valence-corrected chi connectivity index (χ2v) is 6.00. The summed E-state index contributed by atoms with van der Waals surface area (Å²) in [6.07, 6.45) is 0. The Morgan fingerprint density at radius 3 is 2.57 bits per heavy atom. The highest BCUT2D eigenvalue weighted by Crippen LogP contribution is 2.33. The van der Waals surface area contributed by atoms with Crippen molar-refractivity contribution in [1.82, 2.24) is 0 Å². The van der Waals surface area contributed by atoms with E-state index in [1.54, 1.807) is 18.2 Å². The smallest absolute Gasteiger partial charge is 0.295 e. The maximum Gasteiger partial charge on any atom is 0.295 e. The standard InChI is InChI=1S/C13H14N2O5S/c14-8-10-2-4-13(20-10)21(16,17)15-9-1-3-11-12(7-9)19-6-5-18-11/h1-4,7,15H,5-6,8,14H2. The van der Waals surface area contributed by atoms with E-state index >= 15 is 0 Å². The van der Waals surface area contributed by atoms with Crippen molar-refractivity contribution in [2.45, 2.75) is 11.6 Å². The summed E-state index contributed by atoms with van der Waals surface area (Å²) in [5.41, 5.74) is 5.76. The van der Waals surface area contributed by atoms with Gasteiger partial charge in [0, 0.05) is 6.07 Å². The fraction of sp³-hybridized carbons (Fsp3) is 0.231. The molecular formula is C13H14N2O5S. The average Bonchev–Trinajstić information content (AvgIpc) is 2.96. The highest BCUT2D eigenvalue weighted by atomic mass is 32.2. The van der Waals surface area contributed by atoms with Crippen LogP contribution in [-0.4, -0.2) is 21.6 Å². The van der Waals surface area contributed by atoms with Gasteiger partial charge in [0.2, 0.25) is 5.09 Å². The molecule has 2 aromatic rings. The minimum Gasteiger partial charge on any atom is -0.486 e. The van der Waals surface area contributed by atoms with E-state index < -0.39 is 10.0 Å². The van der Waals surface area contributed by atoms with Crippen LogP contribution < -0.4 is 19.9 Å². The molecule has 0 saturated heterocycles. The summed E-state index contributed by atoms with van der Waals surface area (Å²) in [7, 11) is -3.80. The van der Waals surface area contributed by atoms with E-state index in [-0.39, 0.29) is 11.6 Å². The third kappa shape index (κ3) is 2.81. The number of benzene rings is 1. The van der Waals surface area contributed by atoms with E-state index in [1.807, 2.05) is 0 Å². The quantitative estimate of drug-likeness (QED) is 0.882. The molecule has 0 spiro atoms. The molecule has 2 heterocycles. The van der Waals surface area contributed by atoms with Gasteiger partial charge in [-0.15, -0.1) is 0 Å². The average molecular weight is 310 g/mol. The van der Waals surface area contributed by atoms with Gasteiger partial charge in [0.25, 0.3) is 10.0 Å². The van der Waals surface area contributed by atoms with Crippen LogP contribution in [0.5, 0.6) is 11.5 Å². The Hall–Kier alpha value is -2.19. The summed E-state index contributed by atoms with van der Waals surface area (Å²) in [5, 5.41) is -0.183. The van der Waals surface area contributed by atoms with Gasteiger partial charge in [-0.05, 0) is 24.3 Å². The van der Waals surface area contributed by atoms with Crippen molar-refractivity contribution in [3.63, 3.8) is 0 Å². The van der Waals surface area contributed by atoms with E-state index in [0.29, 0.717) is 36.2 Å².